The zero-order chi connectivity index (χ0) is 8.55. The molecule has 0 bridgehead atoms. The van der Waals surface area contributed by atoms with Crippen LogP contribution in [0.2, 0.25) is 0 Å². The van der Waals surface area contributed by atoms with Gasteiger partial charge in [0.1, 0.15) is 6.17 Å². The summed E-state index contributed by atoms with van der Waals surface area (Å²) in [7, 11) is 0. The largest absolute Gasteiger partial charge is 0.247 e. The number of alkyl halides is 1. The zero-order valence-electron chi connectivity index (χ0n) is 7.93. The van der Waals surface area contributed by atoms with Crippen molar-refractivity contribution in [2.24, 2.45) is 17.8 Å². The Morgan fingerprint density at radius 3 is 2.50 bits per heavy atom. The van der Waals surface area contributed by atoms with E-state index in [1.807, 2.05) is 0 Å². The van der Waals surface area contributed by atoms with Gasteiger partial charge in [0.15, 0.2) is 0 Å². The first-order valence-electron chi connectivity index (χ1n) is 5.43. The number of hydrogen-bond donors (Lipinski definition) is 0. The molecule has 2 aliphatic carbocycles. The second-order valence-electron chi connectivity index (χ2n) is 4.69. The molecule has 0 aromatic carbocycles. The van der Waals surface area contributed by atoms with Crippen LogP contribution >= 0.6 is 0 Å². The molecular weight excluding hydrogens is 151 g/mol. The van der Waals surface area contributed by atoms with E-state index in [0.29, 0.717) is 5.92 Å². The molecular formula is C11H19F. The van der Waals surface area contributed by atoms with E-state index in [2.05, 4.69) is 6.92 Å². The lowest BCUT2D eigenvalue weighted by Crippen LogP contribution is -2.42. The Labute approximate surface area is 74.5 Å². The molecule has 2 fully saturated rings. The van der Waals surface area contributed by atoms with Crippen molar-refractivity contribution in [1.29, 1.82) is 0 Å². The quantitative estimate of drug-likeness (QED) is 0.521. The molecule has 4 unspecified atom stereocenters. The Morgan fingerprint density at radius 1 is 1.00 bits per heavy atom. The van der Waals surface area contributed by atoms with E-state index in [4.69, 9.17) is 0 Å². The summed E-state index contributed by atoms with van der Waals surface area (Å²) in [5.74, 6) is 1.97. The molecule has 0 N–H and O–H groups in total. The van der Waals surface area contributed by atoms with E-state index in [1.54, 1.807) is 0 Å². The van der Waals surface area contributed by atoms with Gasteiger partial charge in [-0.05, 0) is 30.6 Å². The highest BCUT2D eigenvalue weighted by molar-refractivity contribution is 4.92. The van der Waals surface area contributed by atoms with E-state index in [-0.39, 0.29) is 0 Å². The number of hydrogen-bond acceptors (Lipinski definition) is 0. The number of halogens is 1. The van der Waals surface area contributed by atoms with Crippen molar-refractivity contribution in [3.05, 3.63) is 0 Å². The van der Waals surface area contributed by atoms with Crippen LogP contribution in [0.4, 0.5) is 4.39 Å². The lowest BCUT2D eigenvalue weighted by atomic mass is 9.62. The summed E-state index contributed by atoms with van der Waals surface area (Å²) in [5.41, 5.74) is 0. The summed E-state index contributed by atoms with van der Waals surface area (Å²) in [6.07, 6.45) is 6.90. The third-order valence-corrected chi connectivity index (χ3v) is 3.94. The van der Waals surface area contributed by atoms with Gasteiger partial charge < -0.3 is 0 Å². The fraction of sp³-hybridized carbons (Fsp3) is 1.00. The van der Waals surface area contributed by atoms with Gasteiger partial charge in [-0.25, -0.2) is 4.39 Å². The van der Waals surface area contributed by atoms with Gasteiger partial charge in [-0.2, -0.15) is 0 Å². The summed E-state index contributed by atoms with van der Waals surface area (Å²) < 4.78 is 13.1. The molecule has 0 saturated heterocycles. The first kappa shape index (κ1) is 8.52. The van der Waals surface area contributed by atoms with Crippen molar-refractivity contribution in [1.82, 2.24) is 0 Å². The molecule has 70 valence electrons. The summed E-state index contributed by atoms with van der Waals surface area (Å²) >= 11 is 0. The highest BCUT2D eigenvalue weighted by Crippen LogP contribution is 2.47. The minimum atomic E-state index is -0.449. The highest BCUT2D eigenvalue weighted by atomic mass is 19.1. The van der Waals surface area contributed by atoms with Crippen molar-refractivity contribution < 1.29 is 4.39 Å². The summed E-state index contributed by atoms with van der Waals surface area (Å²) in [6, 6.07) is 0. The maximum absolute atomic E-state index is 13.1. The Morgan fingerprint density at radius 2 is 1.75 bits per heavy atom. The van der Waals surface area contributed by atoms with Crippen LogP contribution in [0.1, 0.15) is 45.4 Å². The van der Waals surface area contributed by atoms with Crippen LogP contribution < -0.4 is 0 Å². The second-order valence-corrected chi connectivity index (χ2v) is 4.69. The van der Waals surface area contributed by atoms with Gasteiger partial charge >= 0.3 is 0 Å². The van der Waals surface area contributed by atoms with Crippen LogP contribution in [0, 0.1) is 17.8 Å². The molecule has 0 radical (unpaired) electrons. The Kier molecular flexibility index (Phi) is 2.38. The lowest BCUT2D eigenvalue weighted by Gasteiger charge is -2.45. The van der Waals surface area contributed by atoms with E-state index >= 15 is 0 Å². The Hall–Kier alpha value is -0.0700. The van der Waals surface area contributed by atoms with Gasteiger partial charge in [-0.3, -0.25) is 0 Å². The van der Waals surface area contributed by atoms with Crippen molar-refractivity contribution in [3.8, 4) is 0 Å². The van der Waals surface area contributed by atoms with Crippen LogP contribution in [-0.4, -0.2) is 6.17 Å². The molecule has 2 saturated carbocycles. The average molecular weight is 170 g/mol. The third kappa shape index (κ3) is 1.38. The van der Waals surface area contributed by atoms with E-state index < -0.39 is 6.17 Å². The van der Waals surface area contributed by atoms with Gasteiger partial charge in [0.2, 0.25) is 0 Å². The van der Waals surface area contributed by atoms with E-state index in [9.17, 15) is 4.39 Å². The highest BCUT2D eigenvalue weighted by Gasteiger charge is 2.43. The lowest BCUT2D eigenvalue weighted by molar-refractivity contribution is -0.0145. The zero-order valence-corrected chi connectivity index (χ0v) is 7.93. The molecule has 0 amide bonds. The maximum Gasteiger partial charge on any atom is 0.103 e. The normalized spacial score (nSPS) is 48.5. The van der Waals surface area contributed by atoms with Crippen molar-refractivity contribution >= 4 is 0 Å². The first-order valence-corrected chi connectivity index (χ1v) is 5.43. The molecule has 0 nitrogen and oxygen atoms in total. The minimum absolute atomic E-state index is 0.445. The molecule has 0 aromatic rings. The van der Waals surface area contributed by atoms with Crippen molar-refractivity contribution in [3.63, 3.8) is 0 Å². The third-order valence-electron chi connectivity index (χ3n) is 3.94. The average Bonchev–Trinajstić information content (AvgIpc) is 2.03. The molecule has 0 spiro atoms. The molecule has 0 aliphatic heterocycles. The van der Waals surface area contributed by atoms with E-state index in [1.165, 1.54) is 25.7 Å². The van der Waals surface area contributed by atoms with E-state index in [0.717, 1.165) is 24.7 Å². The van der Waals surface area contributed by atoms with Gasteiger partial charge in [-0.15, -0.1) is 0 Å². The second kappa shape index (κ2) is 3.35. The molecule has 4 atom stereocenters. The van der Waals surface area contributed by atoms with Crippen LogP contribution in [0.25, 0.3) is 0 Å². The smallest absolute Gasteiger partial charge is 0.103 e. The standard InChI is InChI=1S/C11H19F/c1-8-5-3-2-4-6-9-10(8)7-11(9)12/h8-11H,2-7H2,1H3. The molecule has 2 rings (SSSR count). The van der Waals surface area contributed by atoms with Crippen LogP contribution in [-0.2, 0) is 0 Å². The summed E-state index contributed by atoms with van der Waals surface area (Å²) in [6.45, 7) is 2.31. The predicted octanol–water partition coefficient (Wildman–Crippen LogP) is 3.56. The molecule has 0 aromatic heterocycles. The number of fused-ring (bicyclic) bond motifs is 1. The van der Waals surface area contributed by atoms with Gasteiger partial charge in [0, 0.05) is 0 Å². The minimum Gasteiger partial charge on any atom is -0.247 e. The van der Waals surface area contributed by atoms with Gasteiger partial charge in [0.25, 0.3) is 0 Å². The van der Waals surface area contributed by atoms with Gasteiger partial charge in [0.05, 0.1) is 0 Å². The van der Waals surface area contributed by atoms with Crippen LogP contribution in [0.3, 0.4) is 0 Å². The Bertz CT molecular complexity index is 155. The molecule has 2 aliphatic rings. The first-order chi connectivity index (χ1) is 5.79. The topological polar surface area (TPSA) is 0 Å². The maximum atomic E-state index is 13.1. The van der Waals surface area contributed by atoms with Crippen LogP contribution in [0.5, 0.6) is 0 Å². The number of rotatable bonds is 0. The Balaban J connectivity index is 1.95. The molecule has 0 heterocycles. The fourth-order valence-corrected chi connectivity index (χ4v) is 2.97. The monoisotopic (exact) mass is 170 g/mol. The SMILES string of the molecule is CC1CCCCCC2C(F)CC12. The predicted molar refractivity (Wildman–Crippen MR) is 48.7 cm³/mol. The van der Waals surface area contributed by atoms with Crippen LogP contribution in [0.15, 0.2) is 0 Å². The fourth-order valence-electron chi connectivity index (χ4n) is 2.97. The molecule has 1 heteroatoms. The van der Waals surface area contributed by atoms with Gasteiger partial charge in [-0.1, -0.05) is 32.6 Å². The molecule has 12 heavy (non-hydrogen) atoms. The van der Waals surface area contributed by atoms with Crippen molar-refractivity contribution in [2.45, 2.75) is 51.6 Å². The summed E-state index contributed by atoms with van der Waals surface area (Å²) in [5, 5.41) is 0. The summed E-state index contributed by atoms with van der Waals surface area (Å²) in [4.78, 5) is 0. The van der Waals surface area contributed by atoms with Crippen molar-refractivity contribution in [2.75, 3.05) is 0 Å².